The van der Waals surface area contributed by atoms with E-state index in [1.54, 1.807) is 12.1 Å². The van der Waals surface area contributed by atoms with Crippen LogP contribution >= 0.6 is 11.6 Å². The number of hydrogen-bond donors (Lipinski definition) is 1. The summed E-state index contributed by atoms with van der Waals surface area (Å²) in [5.74, 6) is 0.515. The third-order valence-electron chi connectivity index (χ3n) is 4.17. The molecule has 5 nitrogen and oxygen atoms in total. The lowest BCUT2D eigenvalue weighted by molar-refractivity contribution is 0.135. The number of aliphatic hydroxyl groups is 1. The number of hydrogen-bond acceptors (Lipinski definition) is 4. The van der Waals surface area contributed by atoms with Gasteiger partial charge in [-0.1, -0.05) is 31.9 Å². The normalized spacial score (nSPS) is 14.7. The van der Waals surface area contributed by atoms with Crippen LogP contribution in [-0.2, 0) is 16.6 Å². The number of sulfonamides is 1. The fourth-order valence-corrected chi connectivity index (χ4v) is 4.31. The molecular weight excluding hydrogens is 350 g/mol. The average Bonchev–Trinajstić information content (AvgIpc) is 3.08. The van der Waals surface area contributed by atoms with Crippen molar-refractivity contribution in [2.75, 3.05) is 6.61 Å². The van der Waals surface area contributed by atoms with Crippen LogP contribution in [-0.4, -0.2) is 30.5 Å². The van der Waals surface area contributed by atoms with Crippen molar-refractivity contribution in [2.24, 2.45) is 5.92 Å². The molecule has 2 unspecified atom stereocenters. The van der Waals surface area contributed by atoms with E-state index in [1.165, 1.54) is 34.8 Å². The monoisotopic (exact) mass is 371 g/mol. The molecule has 2 rings (SSSR count). The first-order valence-corrected chi connectivity index (χ1v) is 9.62. The van der Waals surface area contributed by atoms with E-state index in [0.717, 1.165) is 6.42 Å². The fraction of sp³-hybridized carbons (Fsp3) is 0.412. The maximum atomic E-state index is 13.1. The molecule has 2 atom stereocenters. The molecule has 0 aliphatic heterocycles. The van der Waals surface area contributed by atoms with Gasteiger partial charge in [-0.05, 0) is 42.3 Å². The Balaban J connectivity index is 2.45. The van der Waals surface area contributed by atoms with Crippen molar-refractivity contribution in [3.63, 3.8) is 0 Å². The van der Waals surface area contributed by atoms with Gasteiger partial charge in [0, 0.05) is 5.02 Å². The lowest BCUT2D eigenvalue weighted by atomic mass is 10.00. The van der Waals surface area contributed by atoms with Crippen molar-refractivity contribution in [1.82, 2.24) is 4.31 Å². The van der Waals surface area contributed by atoms with Crippen LogP contribution in [0.1, 0.15) is 26.0 Å². The van der Waals surface area contributed by atoms with E-state index in [-0.39, 0.29) is 24.0 Å². The Morgan fingerprint density at radius 3 is 2.42 bits per heavy atom. The molecule has 132 valence electrons. The molecule has 0 spiro atoms. The van der Waals surface area contributed by atoms with Crippen molar-refractivity contribution < 1.29 is 17.9 Å². The van der Waals surface area contributed by atoms with Gasteiger partial charge in [-0.3, -0.25) is 0 Å². The van der Waals surface area contributed by atoms with Gasteiger partial charge in [0.25, 0.3) is 0 Å². The Bertz CT molecular complexity index is 728. The van der Waals surface area contributed by atoms with E-state index in [0.29, 0.717) is 10.8 Å². The number of rotatable bonds is 8. The highest BCUT2D eigenvalue weighted by Crippen LogP contribution is 2.26. The van der Waals surface area contributed by atoms with Gasteiger partial charge in [0.05, 0.1) is 30.4 Å². The number of benzene rings is 1. The van der Waals surface area contributed by atoms with E-state index in [2.05, 4.69) is 0 Å². The lowest BCUT2D eigenvalue weighted by Gasteiger charge is -2.32. The molecule has 24 heavy (non-hydrogen) atoms. The van der Waals surface area contributed by atoms with Gasteiger partial charge >= 0.3 is 0 Å². The smallest absolute Gasteiger partial charge is 0.243 e. The Labute approximate surface area is 147 Å². The first-order valence-electron chi connectivity index (χ1n) is 7.80. The Hall–Kier alpha value is -1.34. The number of furan rings is 1. The summed E-state index contributed by atoms with van der Waals surface area (Å²) in [7, 11) is -3.81. The second-order valence-corrected chi connectivity index (χ2v) is 8.05. The third-order valence-corrected chi connectivity index (χ3v) is 6.31. The molecule has 1 aromatic carbocycles. The molecule has 2 aromatic rings. The van der Waals surface area contributed by atoms with E-state index in [9.17, 15) is 13.5 Å². The SMILES string of the molecule is CCC(C)C(CO)N(Cc1ccco1)S(=O)(=O)c1ccc(Cl)cc1. The third kappa shape index (κ3) is 4.19. The van der Waals surface area contributed by atoms with Crippen LogP contribution in [0.15, 0.2) is 52.0 Å². The molecule has 0 fully saturated rings. The molecule has 0 saturated carbocycles. The van der Waals surface area contributed by atoms with E-state index in [1.807, 2.05) is 13.8 Å². The zero-order valence-corrected chi connectivity index (χ0v) is 15.3. The largest absolute Gasteiger partial charge is 0.468 e. The predicted octanol–water partition coefficient (Wildman–Crippen LogP) is 3.53. The summed E-state index contributed by atoms with van der Waals surface area (Å²) >= 11 is 5.86. The van der Waals surface area contributed by atoms with Crippen LogP contribution in [0.5, 0.6) is 0 Å². The van der Waals surface area contributed by atoms with Gasteiger partial charge in [-0.25, -0.2) is 8.42 Å². The number of halogens is 1. The minimum absolute atomic E-state index is 0.00737. The summed E-state index contributed by atoms with van der Waals surface area (Å²) in [6.07, 6.45) is 2.25. The highest BCUT2D eigenvalue weighted by atomic mass is 35.5. The zero-order valence-electron chi connectivity index (χ0n) is 13.7. The van der Waals surface area contributed by atoms with E-state index >= 15 is 0 Å². The molecule has 1 heterocycles. The van der Waals surface area contributed by atoms with E-state index < -0.39 is 16.1 Å². The van der Waals surface area contributed by atoms with Crippen molar-refractivity contribution in [3.05, 3.63) is 53.4 Å². The van der Waals surface area contributed by atoms with Gasteiger partial charge in [-0.2, -0.15) is 4.31 Å². The van der Waals surface area contributed by atoms with Gasteiger partial charge in [-0.15, -0.1) is 0 Å². The molecule has 0 aliphatic rings. The highest BCUT2D eigenvalue weighted by molar-refractivity contribution is 7.89. The lowest BCUT2D eigenvalue weighted by Crippen LogP contribution is -2.45. The average molecular weight is 372 g/mol. The summed E-state index contributed by atoms with van der Waals surface area (Å²) in [6, 6.07) is 8.90. The molecule has 0 saturated heterocycles. The molecular formula is C17H22ClNO4S. The number of nitrogens with zero attached hydrogens (tertiary/aromatic N) is 1. The summed E-state index contributed by atoms with van der Waals surface area (Å²) < 4.78 is 32.9. The topological polar surface area (TPSA) is 70.8 Å². The first-order chi connectivity index (χ1) is 11.4. The molecule has 0 bridgehead atoms. The molecule has 0 aliphatic carbocycles. The van der Waals surface area contributed by atoms with Gasteiger partial charge in [0.2, 0.25) is 10.0 Å². The van der Waals surface area contributed by atoms with Crippen LogP contribution < -0.4 is 0 Å². The quantitative estimate of drug-likeness (QED) is 0.770. The molecule has 0 radical (unpaired) electrons. The molecule has 1 N–H and O–H groups in total. The summed E-state index contributed by atoms with van der Waals surface area (Å²) in [6.45, 7) is 3.69. The standard InChI is InChI=1S/C17H22ClNO4S/c1-3-13(2)17(12-20)19(11-15-5-4-10-23-15)24(21,22)16-8-6-14(18)7-9-16/h4-10,13,17,20H,3,11-12H2,1-2H3. The maximum Gasteiger partial charge on any atom is 0.243 e. The van der Waals surface area contributed by atoms with Crippen LogP contribution in [0.4, 0.5) is 0 Å². The minimum Gasteiger partial charge on any atom is -0.468 e. The Morgan fingerprint density at radius 2 is 1.92 bits per heavy atom. The molecule has 7 heteroatoms. The van der Waals surface area contributed by atoms with Crippen LogP contribution in [0.3, 0.4) is 0 Å². The van der Waals surface area contributed by atoms with Crippen LogP contribution in [0.2, 0.25) is 5.02 Å². The summed E-state index contributed by atoms with van der Waals surface area (Å²) in [5.41, 5.74) is 0. The maximum absolute atomic E-state index is 13.1. The first kappa shape index (κ1) is 19.0. The van der Waals surface area contributed by atoms with Gasteiger partial charge < -0.3 is 9.52 Å². The molecule has 1 aromatic heterocycles. The van der Waals surface area contributed by atoms with Crippen LogP contribution in [0.25, 0.3) is 0 Å². The van der Waals surface area contributed by atoms with Crippen molar-refractivity contribution in [3.8, 4) is 0 Å². The minimum atomic E-state index is -3.81. The zero-order chi connectivity index (χ0) is 17.7. The summed E-state index contributed by atoms with van der Waals surface area (Å²) in [4.78, 5) is 0.139. The second-order valence-electron chi connectivity index (χ2n) is 5.72. The Kier molecular flexibility index (Phi) is 6.46. The molecule has 0 amide bonds. The van der Waals surface area contributed by atoms with Crippen molar-refractivity contribution >= 4 is 21.6 Å². The highest BCUT2D eigenvalue weighted by Gasteiger charge is 2.34. The van der Waals surface area contributed by atoms with Crippen molar-refractivity contribution in [2.45, 2.75) is 37.8 Å². The van der Waals surface area contributed by atoms with Gasteiger partial charge in [0.1, 0.15) is 5.76 Å². The van der Waals surface area contributed by atoms with Gasteiger partial charge in [0.15, 0.2) is 0 Å². The second kappa shape index (κ2) is 8.16. The Morgan fingerprint density at radius 1 is 1.25 bits per heavy atom. The van der Waals surface area contributed by atoms with Crippen LogP contribution in [0, 0.1) is 5.92 Å². The van der Waals surface area contributed by atoms with Crippen molar-refractivity contribution in [1.29, 1.82) is 0 Å². The fourth-order valence-electron chi connectivity index (χ4n) is 2.51. The predicted molar refractivity (Wildman–Crippen MR) is 93.2 cm³/mol. The van der Waals surface area contributed by atoms with E-state index in [4.69, 9.17) is 16.0 Å². The number of aliphatic hydroxyl groups excluding tert-OH is 1. The summed E-state index contributed by atoms with van der Waals surface area (Å²) in [5, 5.41) is 10.3.